The summed E-state index contributed by atoms with van der Waals surface area (Å²) in [7, 11) is 0. The lowest BCUT2D eigenvalue weighted by molar-refractivity contribution is 0.112. The Morgan fingerprint density at radius 1 is 1.43 bits per heavy atom. The molecule has 0 spiro atoms. The summed E-state index contributed by atoms with van der Waals surface area (Å²) in [6, 6.07) is 1.93. The minimum atomic E-state index is -0.258. The average molecular weight is 192 g/mol. The van der Waals surface area contributed by atoms with Crippen molar-refractivity contribution < 1.29 is 0 Å². The molecule has 14 heavy (non-hydrogen) atoms. The van der Waals surface area contributed by atoms with Gasteiger partial charge in [0.2, 0.25) is 0 Å². The van der Waals surface area contributed by atoms with E-state index in [4.69, 9.17) is 11.0 Å². The van der Waals surface area contributed by atoms with E-state index in [1.807, 2.05) is 0 Å². The topological polar surface area (TPSA) is 49.8 Å². The number of nitrogens with zero attached hydrogens (tertiary/aromatic N) is 1. The van der Waals surface area contributed by atoms with Crippen molar-refractivity contribution in [3.63, 3.8) is 0 Å². The van der Waals surface area contributed by atoms with E-state index in [9.17, 15) is 0 Å². The van der Waals surface area contributed by atoms with Gasteiger partial charge in [-0.25, -0.2) is 0 Å². The molecular weight excluding hydrogens is 172 g/mol. The van der Waals surface area contributed by atoms with Gasteiger partial charge < -0.3 is 5.73 Å². The van der Waals surface area contributed by atoms with Gasteiger partial charge in [0.15, 0.2) is 0 Å². The van der Waals surface area contributed by atoms with Crippen LogP contribution in [-0.4, -0.2) is 6.04 Å². The summed E-state index contributed by atoms with van der Waals surface area (Å²) < 4.78 is 0. The lowest BCUT2D eigenvalue weighted by atomic mass is 9.66. The van der Waals surface area contributed by atoms with Gasteiger partial charge in [-0.05, 0) is 48.9 Å². The second-order valence-electron chi connectivity index (χ2n) is 5.72. The molecule has 0 aromatic rings. The maximum atomic E-state index is 8.81. The average Bonchev–Trinajstić information content (AvgIpc) is 2.52. The summed E-state index contributed by atoms with van der Waals surface area (Å²) in [5.41, 5.74) is 6.59. The molecule has 2 aliphatic carbocycles. The van der Waals surface area contributed by atoms with Crippen LogP contribution in [0.5, 0.6) is 0 Å². The Bertz CT molecular complexity index is 267. The molecule has 0 aromatic carbocycles. The molecule has 0 radical (unpaired) electrons. The highest BCUT2D eigenvalue weighted by Crippen LogP contribution is 2.67. The van der Waals surface area contributed by atoms with Crippen LogP contribution in [0.2, 0.25) is 0 Å². The minimum absolute atomic E-state index is 0.258. The van der Waals surface area contributed by atoms with E-state index in [2.05, 4.69) is 19.9 Å². The van der Waals surface area contributed by atoms with Gasteiger partial charge in [-0.2, -0.15) is 5.26 Å². The van der Waals surface area contributed by atoms with Crippen LogP contribution in [-0.2, 0) is 0 Å². The highest BCUT2D eigenvalue weighted by molar-refractivity contribution is 5.10. The monoisotopic (exact) mass is 192 g/mol. The quantitative estimate of drug-likeness (QED) is 0.730. The van der Waals surface area contributed by atoms with E-state index < -0.39 is 0 Å². The molecule has 0 heterocycles. The summed E-state index contributed by atoms with van der Waals surface area (Å²) in [4.78, 5) is 0. The van der Waals surface area contributed by atoms with Gasteiger partial charge in [-0.3, -0.25) is 0 Å². The first kappa shape index (κ1) is 9.98. The number of hydrogen-bond acceptors (Lipinski definition) is 2. The molecule has 2 rings (SSSR count). The Balaban J connectivity index is 2.20. The van der Waals surface area contributed by atoms with Crippen LogP contribution in [0.1, 0.15) is 46.0 Å². The van der Waals surface area contributed by atoms with E-state index in [1.54, 1.807) is 0 Å². The molecular formula is C12H20N2. The molecule has 2 bridgehead atoms. The van der Waals surface area contributed by atoms with E-state index in [1.165, 1.54) is 25.7 Å². The van der Waals surface area contributed by atoms with E-state index in [0.717, 1.165) is 12.3 Å². The van der Waals surface area contributed by atoms with Gasteiger partial charge in [0, 0.05) is 0 Å². The first-order chi connectivity index (χ1) is 6.52. The van der Waals surface area contributed by atoms with Crippen molar-refractivity contribution in [3.8, 4) is 6.07 Å². The van der Waals surface area contributed by atoms with Gasteiger partial charge in [-0.15, -0.1) is 0 Å². The zero-order valence-electron chi connectivity index (χ0n) is 9.21. The molecule has 2 fully saturated rings. The molecule has 0 aromatic heterocycles. The second kappa shape index (κ2) is 2.97. The van der Waals surface area contributed by atoms with E-state index >= 15 is 0 Å². The Morgan fingerprint density at radius 2 is 2.00 bits per heavy atom. The lowest BCUT2D eigenvalue weighted by Gasteiger charge is -2.39. The second-order valence-corrected chi connectivity index (χ2v) is 5.72. The number of fused-ring (bicyclic) bond motifs is 2. The molecule has 2 nitrogen and oxygen atoms in total. The molecule has 2 N–H and O–H groups in total. The van der Waals surface area contributed by atoms with Crippen molar-refractivity contribution >= 4 is 0 Å². The third kappa shape index (κ3) is 1.12. The predicted octanol–water partition coefficient (Wildman–Crippen LogP) is 2.44. The first-order valence-corrected chi connectivity index (χ1v) is 5.67. The summed E-state index contributed by atoms with van der Waals surface area (Å²) in [5.74, 6) is 0.883. The highest BCUT2D eigenvalue weighted by Gasteiger charge is 2.58. The number of nitrogens with two attached hydrogens (primary N) is 1. The van der Waals surface area contributed by atoms with E-state index in [-0.39, 0.29) is 6.04 Å². The highest BCUT2D eigenvalue weighted by atomic mass is 14.7. The molecule has 0 amide bonds. The Kier molecular flexibility index (Phi) is 2.12. The van der Waals surface area contributed by atoms with Gasteiger partial charge in [0.1, 0.15) is 0 Å². The van der Waals surface area contributed by atoms with Gasteiger partial charge in [0.05, 0.1) is 12.1 Å². The largest absolute Gasteiger partial charge is 0.316 e. The molecule has 2 heteroatoms. The third-order valence-electron chi connectivity index (χ3n) is 5.11. The van der Waals surface area contributed by atoms with Crippen LogP contribution in [0.4, 0.5) is 0 Å². The van der Waals surface area contributed by atoms with Crippen LogP contribution in [0, 0.1) is 28.1 Å². The molecule has 2 saturated carbocycles. The third-order valence-corrected chi connectivity index (χ3v) is 5.11. The number of rotatable bonds is 2. The smallest absolute Gasteiger partial charge is 0.0933 e. The van der Waals surface area contributed by atoms with Crippen molar-refractivity contribution in [2.24, 2.45) is 22.5 Å². The standard InChI is InChI=1S/C12H20N2/c1-11(2)9-3-5-12(11,6-4-9)7-10(14)8-13/h9-10H,3-7,14H2,1-2H3. The maximum Gasteiger partial charge on any atom is 0.0933 e. The SMILES string of the molecule is CC1(C)C2CCC1(CC(N)C#N)CC2. The Morgan fingerprint density at radius 3 is 2.36 bits per heavy atom. The fourth-order valence-corrected chi connectivity index (χ4v) is 3.90. The summed E-state index contributed by atoms with van der Waals surface area (Å²) in [5, 5.41) is 8.81. The molecule has 0 aliphatic heterocycles. The fourth-order valence-electron chi connectivity index (χ4n) is 3.90. The van der Waals surface area contributed by atoms with E-state index in [0.29, 0.717) is 10.8 Å². The Labute approximate surface area is 86.5 Å². The molecule has 1 atom stereocenters. The summed E-state index contributed by atoms with van der Waals surface area (Å²) >= 11 is 0. The molecule has 0 saturated heterocycles. The van der Waals surface area contributed by atoms with Crippen molar-refractivity contribution in [1.82, 2.24) is 0 Å². The van der Waals surface area contributed by atoms with Crippen molar-refractivity contribution in [2.75, 3.05) is 0 Å². The van der Waals surface area contributed by atoms with Gasteiger partial charge >= 0.3 is 0 Å². The lowest BCUT2D eigenvalue weighted by Crippen LogP contribution is -2.36. The zero-order valence-corrected chi connectivity index (χ0v) is 9.21. The fraction of sp³-hybridized carbons (Fsp3) is 0.917. The summed E-state index contributed by atoms with van der Waals surface area (Å²) in [6.45, 7) is 4.75. The predicted molar refractivity (Wildman–Crippen MR) is 56.4 cm³/mol. The number of hydrogen-bond donors (Lipinski definition) is 1. The first-order valence-electron chi connectivity index (χ1n) is 5.67. The molecule has 1 unspecified atom stereocenters. The van der Waals surface area contributed by atoms with Crippen LogP contribution in [0.25, 0.3) is 0 Å². The van der Waals surface area contributed by atoms with Crippen molar-refractivity contribution in [2.45, 2.75) is 52.0 Å². The van der Waals surface area contributed by atoms with Crippen LogP contribution >= 0.6 is 0 Å². The van der Waals surface area contributed by atoms with Crippen LogP contribution < -0.4 is 5.73 Å². The number of nitriles is 1. The normalized spacial score (nSPS) is 40.9. The summed E-state index contributed by atoms with van der Waals surface area (Å²) in [6.07, 6.45) is 6.20. The minimum Gasteiger partial charge on any atom is -0.316 e. The van der Waals surface area contributed by atoms with Crippen LogP contribution in [0.3, 0.4) is 0 Å². The van der Waals surface area contributed by atoms with Gasteiger partial charge in [-0.1, -0.05) is 13.8 Å². The van der Waals surface area contributed by atoms with Gasteiger partial charge in [0.25, 0.3) is 0 Å². The molecule has 78 valence electrons. The maximum absolute atomic E-state index is 8.81. The molecule has 2 aliphatic rings. The van der Waals surface area contributed by atoms with Crippen molar-refractivity contribution in [1.29, 1.82) is 5.26 Å². The Hall–Kier alpha value is -0.550. The van der Waals surface area contributed by atoms with Crippen molar-refractivity contribution in [3.05, 3.63) is 0 Å². The zero-order chi connectivity index (χ0) is 10.4. The van der Waals surface area contributed by atoms with Crippen LogP contribution in [0.15, 0.2) is 0 Å².